The van der Waals surface area contributed by atoms with Gasteiger partial charge >= 0.3 is 17.9 Å². The summed E-state index contributed by atoms with van der Waals surface area (Å²) in [6.45, 7) is 2.18. The Hall–Kier alpha value is -3.79. The van der Waals surface area contributed by atoms with E-state index >= 15 is 0 Å². The lowest BCUT2D eigenvalue weighted by Gasteiger charge is -2.23. The van der Waals surface area contributed by atoms with Gasteiger partial charge in [-0.2, -0.15) is 0 Å². The highest BCUT2D eigenvalue weighted by Crippen LogP contribution is 2.28. The fraction of sp³-hybridized carbons (Fsp3) is 0.583. The Morgan fingerprint density at radius 2 is 1.67 bits per heavy atom. The standard InChI is InChI=1S/C36H52N2O8/c1-2-3-4-7-10-15-29(39)16-11-8-5-6-9-12-17-30(31(35(43)44)24-33(40)41)34(42)38-32(36(45)46)23-26-18-20-27(21-19-26)28-14-13-22-37-25-28/h12-14,17-20,22,25,27,29-32,39H,2-11,15-16,21,23-24H2,1H3,(H,38,42)(H,40,41)(H,43,44)(H,45,46)/b17-12+/t27?,29?,30-,31?,32-/m0/s1. The Bertz CT molecular complexity index is 1180. The Labute approximate surface area is 272 Å². The Morgan fingerprint density at radius 3 is 2.24 bits per heavy atom. The van der Waals surface area contributed by atoms with Crippen LogP contribution in [0.1, 0.15) is 115 Å². The van der Waals surface area contributed by atoms with Gasteiger partial charge in [0, 0.05) is 24.7 Å². The summed E-state index contributed by atoms with van der Waals surface area (Å²) in [4.78, 5) is 53.0. The minimum atomic E-state index is -1.55. The van der Waals surface area contributed by atoms with Crippen LogP contribution in [0.4, 0.5) is 0 Å². The zero-order chi connectivity index (χ0) is 33.7. The molecule has 5 N–H and O–H groups in total. The highest BCUT2D eigenvalue weighted by atomic mass is 16.4. The SMILES string of the molecule is CCCCCCCC(O)CCCCCC/C=C/[C@H](C(=O)N[C@@H](CC1=CCC(c2cccnc2)C=C1)C(=O)O)C(CC(=O)O)C(=O)O. The Morgan fingerprint density at radius 1 is 0.978 bits per heavy atom. The minimum Gasteiger partial charge on any atom is -0.481 e. The molecule has 1 aliphatic carbocycles. The normalized spacial score (nSPS) is 17.2. The van der Waals surface area contributed by atoms with Gasteiger partial charge in [-0.15, -0.1) is 0 Å². The molecule has 0 saturated heterocycles. The van der Waals surface area contributed by atoms with Crippen molar-refractivity contribution in [1.82, 2.24) is 10.3 Å². The van der Waals surface area contributed by atoms with E-state index in [0.29, 0.717) is 12.8 Å². The third-order valence-electron chi connectivity index (χ3n) is 8.43. The number of carboxylic acid groups (broad SMARTS) is 3. The number of amides is 1. The largest absolute Gasteiger partial charge is 0.481 e. The van der Waals surface area contributed by atoms with Gasteiger partial charge in [-0.1, -0.05) is 94.7 Å². The van der Waals surface area contributed by atoms with Crippen LogP contribution >= 0.6 is 0 Å². The van der Waals surface area contributed by atoms with Crippen molar-refractivity contribution in [2.75, 3.05) is 0 Å². The molecule has 0 aliphatic heterocycles. The quantitative estimate of drug-likeness (QED) is 0.0631. The first-order chi connectivity index (χ1) is 22.1. The number of aliphatic hydroxyl groups is 1. The second-order valence-electron chi connectivity index (χ2n) is 12.2. The number of carboxylic acids is 3. The first-order valence-corrected chi connectivity index (χ1v) is 16.7. The van der Waals surface area contributed by atoms with E-state index in [1.54, 1.807) is 18.5 Å². The number of aromatic nitrogens is 1. The molecule has 2 rings (SSSR count). The molecule has 0 aromatic carbocycles. The van der Waals surface area contributed by atoms with E-state index in [1.165, 1.54) is 25.3 Å². The number of hydrogen-bond acceptors (Lipinski definition) is 6. The molecule has 0 fully saturated rings. The fourth-order valence-corrected chi connectivity index (χ4v) is 5.69. The summed E-state index contributed by atoms with van der Waals surface area (Å²) in [6.07, 6.45) is 23.4. The van der Waals surface area contributed by atoms with Gasteiger partial charge in [0.25, 0.3) is 0 Å². The Kier molecular flexibility index (Phi) is 18.2. The molecule has 10 nitrogen and oxygen atoms in total. The van der Waals surface area contributed by atoms with Crippen LogP contribution in [0.15, 0.2) is 60.5 Å². The van der Waals surface area contributed by atoms with Gasteiger partial charge in [0.2, 0.25) is 5.91 Å². The summed E-state index contributed by atoms with van der Waals surface area (Å²) >= 11 is 0. The smallest absolute Gasteiger partial charge is 0.326 e. The zero-order valence-corrected chi connectivity index (χ0v) is 27.1. The van der Waals surface area contributed by atoms with Gasteiger partial charge in [0.05, 0.1) is 24.4 Å². The predicted molar refractivity (Wildman–Crippen MR) is 176 cm³/mol. The minimum absolute atomic E-state index is 0.00199. The molecular weight excluding hydrogens is 588 g/mol. The second-order valence-corrected chi connectivity index (χ2v) is 12.2. The molecular formula is C36H52N2O8. The maximum Gasteiger partial charge on any atom is 0.326 e. The molecule has 0 bridgehead atoms. The first kappa shape index (κ1) is 38.4. The topological polar surface area (TPSA) is 174 Å². The van der Waals surface area contributed by atoms with Crippen LogP contribution in [-0.2, 0) is 19.2 Å². The highest BCUT2D eigenvalue weighted by molar-refractivity contribution is 5.91. The molecule has 1 heterocycles. The zero-order valence-electron chi connectivity index (χ0n) is 27.1. The number of nitrogens with zero attached hydrogens (tertiary/aromatic N) is 1. The number of aliphatic carboxylic acids is 3. The van der Waals surface area contributed by atoms with E-state index in [9.17, 15) is 39.6 Å². The number of nitrogens with one attached hydrogen (secondary N) is 1. The molecule has 1 amide bonds. The molecule has 10 heteroatoms. The van der Waals surface area contributed by atoms with E-state index in [1.807, 2.05) is 30.4 Å². The van der Waals surface area contributed by atoms with Crippen LogP contribution in [0, 0.1) is 11.8 Å². The summed E-state index contributed by atoms with van der Waals surface area (Å²) < 4.78 is 0. The number of allylic oxidation sites excluding steroid dienone is 4. The van der Waals surface area contributed by atoms with Gasteiger partial charge < -0.3 is 25.7 Å². The number of aliphatic hydroxyl groups excluding tert-OH is 1. The summed E-state index contributed by atoms with van der Waals surface area (Å²) in [6, 6.07) is 2.50. The van der Waals surface area contributed by atoms with Crippen LogP contribution in [0.3, 0.4) is 0 Å². The third-order valence-corrected chi connectivity index (χ3v) is 8.43. The summed E-state index contributed by atoms with van der Waals surface area (Å²) in [5.41, 5.74) is 1.76. The number of unbranched alkanes of at least 4 members (excludes halogenated alkanes) is 8. The fourth-order valence-electron chi connectivity index (χ4n) is 5.69. The molecule has 0 saturated carbocycles. The highest BCUT2D eigenvalue weighted by Gasteiger charge is 2.35. The molecule has 5 atom stereocenters. The van der Waals surface area contributed by atoms with E-state index in [-0.39, 0.29) is 18.4 Å². The maximum absolute atomic E-state index is 13.3. The van der Waals surface area contributed by atoms with Gasteiger partial charge in [0.15, 0.2) is 0 Å². The molecule has 0 spiro atoms. The van der Waals surface area contributed by atoms with Crippen molar-refractivity contribution in [3.8, 4) is 0 Å². The van der Waals surface area contributed by atoms with Crippen molar-refractivity contribution in [1.29, 1.82) is 0 Å². The summed E-state index contributed by atoms with van der Waals surface area (Å²) in [5, 5.41) is 41.6. The number of rotatable bonds is 24. The van der Waals surface area contributed by atoms with Crippen LogP contribution in [0.5, 0.6) is 0 Å². The molecule has 0 radical (unpaired) electrons. The Balaban J connectivity index is 1.92. The average molecular weight is 641 g/mol. The van der Waals surface area contributed by atoms with Crippen LogP contribution < -0.4 is 5.32 Å². The van der Waals surface area contributed by atoms with Crippen LogP contribution in [0.2, 0.25) is 0 Å². The van der Waals surface area contributed by atoms with Crippen molar-refractivity contribution in [2.24, 2.45) is 11.8 Å². The van der Waals surface area contributed by atoms with E-state index < -0.39 is 48.1 Å². The van der Waals surface area contributed by atoms with Gasteiger partial charge in [-0.3, -0.25) is 19.4 Å². The van der Waals surface area contributed by atoms with Crippen molar-refractivity contribution >= 4 is 23.8 Å². The predicted octanol–water partition coefficient (Wildman–Crippen LogP) is 6.42. The monoisotopic (exact) mass is 640 g/mol. The molecule has 254 valence electrons. The average Bonchev–Trinajstić information content (AvgIpc) is 3.03. The van der Waals surface area contributed by atoms with Crippen molar-refractivity contribution in [3.63, 3.8) is 0 Å². The van der Waals surface area contributed by atoms with Crippen LogP contribution in [-0.4, -0.2) is 61.4 Å². The molecule has 3 unspecified atom stereocenters. The van der Waals surface area contributed by atoms with Gasteiger partial charge in [-0.25, -0.2) is 4.79 Å². The lowest BCUT2D eigenvalue weighted by Crippen LogP contribution is -2.46. The summed E-state index contributed by atoms with van der Waals surface area (Å²) in [7, 11) is 0. The molecule has 1 aromatic rings. The first-order valence-electron chi connectivity index (χ1n) is 16.7. The van der Waals surface area contributed by atoms with E-state index in [0.717, 1.165) is 62.5 Å². The van der Waals surface area contributed by atoms with Gasteiger partial charge in [0.1, 0.15) is 6.04 Å². The van der Waals surface area contributed by atoms with Crippen molar-refractivity contribution in [2.45, 2.75) is 121 Å². The maximum atomic E-state index is 13.3. The molecule has 1 aliphatic rings. The number of carbonyl (C=O) groups excluding carboxylic acids is 1. The van der Waals surface area contributed by atoms with E-state index in [2.05, 4.69) is 17.2 Å². The molecule has 46 heavy (non-hydrogen) atoms. The molecule has 1 aromatic heterocycles. The van der Waals surface area contributed by atoms with Crippen molar-refractivity contribution < 1.29 is 39.6 Å². The number of pyridine rings is 1. The number of hydrogen-bond donors (Lipinski definition) is 5. The second kappa shape index (κ2) is 21.9. The van der Waals surface area contributed by atoms with E-state index in [4.69, 9.17) is 0 Å². The van der Waals surface area contributed by atoms with Crippen molar-refractivity contribution in [3.05, 3.63) is 66.0 Å². The lowest BCUT2D eigenvalue weighted by molar-refractivity contribution is -0.152. The summed E-state index contributed by atoms with van der Waals surface area (Å²) in [5.74, 6) is -7.72. The third kappa shape index (κ3) is 15.0. The lowest BCUT2D eigenvalue weighted by atomic mass is 9.87. The van der Waals surface area contributed by atoms with Crippen LogP contribution in [0.25, 0.3) is 0 Å². The number of carbonyl (C=O) groups is 4. The van der Waals surface area contributed by atoms with Gasteiger partial charge in [-0.05, 0) is 49.3 Å².